The molecule has 2 aromatic carbocycles. The van der Waals surface area contributed by atoms with Crippen LogP contribution < -0.4 is 15.4 Å². The van der Waals surface area contributed by atoms with Crippen molar-refractivity contribution in [2.24, 2.45) is 0 Å². The van der Waals surface area contributed by atoms with Crippen LogP contribution in [0.1, 0.15) is 25.3 Å². The van der Waals surface area contributed by atoms with Gasteiger partial charge in [-0.3, -0.25) is 4.79 Å². The molecule has 0 aromatic heterocycles. The summed E-state index contributed by atoms with van der Waals surface area (Å²) in [7, 11) is 1.55. The summed E-state index contributed by atoms with van der Waals surface area (Å²) < 4.78 is 5.35. The molecule has 7 heteroatoms. The molecule has 30 heavy (non-hydrogen) atoms. The summed E-state index contributed by atoms with van der Waals surface area (Å²) >= 11 is 8.03. The number of amides is 1. The van der Waals surface area contributed by atoms with E-state index in [1.807, 2.05) is 44.2 Å². The van der Waals surface area contributed by atoms with Crippen molar-refractivity contribution in [1.82, 2.24) is 5.32 Å². The molecule has 1 heterocycles. The lowest BCUT2D eigenvalue weighted by atomic mass is 9.82. The number of carbonyl (C=O) groups excluding carboxylic acids is 1. The molecular formula is C23H22ClN3O2S. The van der Waals surface area contributed by atoms with Gasteiger partial charge in [-0.25, -0.2) is 0 Å². The number of para-hydroxylation sites is 2. The van der Waals surface area contributed by atoms with Crippen molar-refractivity contribution >= 4 is 35.0 Å². The third-order valence-corrected chi connectivity index (χ3v) is 6.00. The molecule has 1 aliphatic rings. The number of rotatable bonds is 6. The fourth-order valence-corrected chi connectivity index (χ4v) is 4.51. The molecule has 0 aliphatic carbocycles. The number of nitrogens with one attached hydrogen (secondary N) is 2. The molecule has 1 aliphatic heterocycles. The number of halogens is 1. The van der Waals surface area contributed by atoms with Gasteiger partial charge < -0.3 is 15.4 Å². The van der Waals surface area contributed by atoms with Crippen LogP contribution in [0.2, 0.25) is 5.02 Å². The number of methoxy groups -OCH3 is 1. The number of thioether (sulfide) groups is 1. The van der Waals surface area contributed by atoms with Gasteiger partial charge in [0, 0.05) is 16.3 Å². The van der Waals surface area contributed by atoms with Crippen LogP contribution in [-0.2, 0) is 4.79 Å². The van der Waals surface area contributed by atoms with Gasteiger partial charge in [0.1, 0.15) is 5.75 Å². The molecule has 154 valence electrons. The third-order valence-electron chi connectivity index (χ3n) is 4.75. The number of nitrogens with zero attached hydrogens (tertiary/aromatic N) is 1. The largest absolute Gasteiger partial charge is 0.495 e. The van der Waals surface area contributed by atoms with E-state index in [0.717, 1.165) is 16.3 Å². The second kappa shape index (κ2) is 9.75. The maximum absolute atomic E-state index is 13.4. The minimum absolute atomic E-state index is 0.317. The van der Waals surface area contributed by atoms with Crippen molar-refractivity contribution in [3.8, 4) is 11.8 Å². The number of carbonyl (C=O) groups is 1. The van der Waals surface area contributed by atoms with E-state index >= 15 is 0 Å². The topological polar surface area (TPSA) is 74.2 Å². The number of ether oxygens (including phenoxy) is 1. The van der Waals surface area contributed by atoms with Crippen LogP contribution in [-0.4, -0.2) is 18.8 Å². The minimum Gasteiger partial charge on any atom is -0.495 e. The second-order valence-electron chi connectivity index (χ2n) is 6.56. The summed E-state index contributed by atoms with van der Waals surface area (Å²) in [5.41, 5.74) is 2.88. The van der Waals surface area contributed by atoms with Gasteiger partial charge in [-0.1, -0.05) is 48.9 Å². The van der Waals surface area contributed by atoms with Gasteiger partial charge in [0.2, 0.25) is 0 Å². The molecule has 1 amide bonds. The van der Waals surface area contributed by atoms with Crippen LogP contribution >= 0.6 is 23.4 Å². The first-order valence-corrected chi connectivity index (χ1v) is 10.8. The van der Waals surface area contributed by atoms with Crippen LogP contribution in [0.4, 0.5) is 5.69 Å². The molecule has 1 atom stereocenters. The summed E-state index contributed by atoms with van der Waals surface area (Å²) in [6, 6.07) is 16.8. The Balaban J connectivity index is 2.11. The van der Waals surface area contributed by atoms with Crippen LogP contribution in [0.15, 0.2) is 70.4 Å². The van der Waals surface area contributed by atoms with E-state index in [2.05, 4.69) is 16.7 Å². The van der Waals surface area contributed by atoms with Gasteiger partial charge in [-0.05, 0) is 36.4 Å². The predicted octanol–water partition coefficient (Wildman–Crippen LogP) is 5.44. The van der Waals surface area contributed by atoms with Crippen molar-refractivity contribution in [1.29, 1.82) is 5.26 Å². The van der Waals surface area contributed by atoms with Gasteiger partial charge in [-0.15, -0.1) is 11.8 Å². The van der Waals surface area contributed by atoms with Crippen molar-refractivity contribution in [2.75, 3.05) is 18.2 Å². The van der Waals surface area contributed by atoms with Gasteiger partial charge in [0.25, 0.3) is 5.91 Å². The average molecular weight is 440 g/mol. The molecule has 0 spiro atoms. The zero-order valence-corrected chi connectivity index (χ0v) is 18.5. The zero-order chi connectivity index (χ0) is 21.7. The molecule has 3 rings (SSSR count). The molecule has 0 fully saturated rings. The monoisotopic (exact) mass is 439 g/mol. The lowest BCUT2D eigenvalue weighted by Crippen LogP contribution is -2.31. The quantitative estimate of drug-likeness (QED) is 0.627. The van der Waals surface area contributed by atoms with E-state index in [1.54, 1.807) is 25.3 Å². The Morgan fingerprint density at radius 2 is 1.97 bits per heavy atom. The number of allylic oxidation sites excluding steroid dienone is 2. The highest BCUT2D eigenvalue weighted by molar-refractivity contribution is 8.03. The summed E-state index contributed by atoms with van der Waals surface area (Å²) in [6.45, 7) is 3.85. The van der Waals surface area contributed by atoms with Crippen molar-refractivity contribution in [3.05, 3.63) is 81.0 Å². The van der Waals surface area contributed by atoms with Gasteiger partial charge in [-0.2, -0.15) is 5.26 Å². The van der Waals surface area contributed by atoms with Crippen LogP contribution in [0.3, 0.4) is 0 Å². The first kappa shape index (κ1) is 21.8. The molecule has 0 unspecified atom stereocenters. The Labute approximate surface area is 185 Å². The first-order chi connectivity index (χ1) is 14.5. The highest BCUT2D eigenvalue weighted by Crippen LogP contribution is 2.43. The molecule has 0 radical (unpaired) electrons. The van der Waals surface area contributed by atoms with E-state index in [1.165, 1.54) is 11.8 Å². The smallest absolute Gasteiger partial charge is 0.254 e. The molecular weight excluding hydrogens is 418 g/mol. The summed E-state index contributed by atoms with van der Waals surface area (Å²) in [6.07, 6.45) is 0. The van der Waals surface area contributed by atoms with Crippen molar-refractivity contribution in [3.63, 3.8) is 0 Å². The highest BCUT2D eigenvalue weighted by Gasteiger charge is 2.35. The Morgan fingerprint density at radius 3 is 2.63 bits per heavy atom. The Kier molecular flexibility index (Phi) is 7.09. The molecule has 2 N–H and O–H groups in total. The summed E-state index contributed by atoms with van der Waals surface area (Å²) in [5, 5.41) is 17.4. The van der Waals surface area contributed by atoms with Crippen LogP contribution in [0, 0.1) is 11.3 Å². The molecule has 2 aromatic rings. The number of anilines is 1. The fraction of sp³-hybridized carbons (Fsp3) is 0.217. The zero-order valence-electron chi connectivity index (χ0n) is 17.0. The van der Waals surface area contributed by atoms with Gasteiger partial charge in [0.05, 0.1) is 35.4 Å². The molecule has 0 bridgehead atoms. The Hall–Kier alpha value is -2.88. The standard InChI is InChI=1S/C23H22ClN3O2S/c1-4-30-23-16(13-25)21(15-9-5-6-10-17(15)24)20(14(2)26-23)22(28)27-18-11-7-8-12-19(18)29-3/h5-12,21,26H,4H2,1-3H3,(H,27,28)/t21-/m1/s1. The van der Waals surface area contributed by atoms with Crippen molar-refractivity contribution < 1.29 is 9.53 Å². The van der Waals surface area contributed by atoms with Crippen LogP contribution in [0.25, 0.3) is 0 Å². The SMILES string of the molecule is CCSC1=C(C#N)[C@@H](c2ccccc2Cl)C(C(=O)Nc2ccccc2OC)=C(C)N1. The van der Waals surface area contributed by atoms with Crippen LogP contribution in [0.5, 0.6) is 5.75 Å². The van der Waals surface area contributed by atoms with Crippen molar-refractivity contribution in [2.45, 2.75) is 19.8 Å². The average Bonchev–Trinajstić information content (AvgIpc) is 2.74. The number of dihydropyridines is 1. The molecule has 5 nitrogen and oxygen atoms in total. The Morgan fingerprint density at radius 1 is 1.27 bits per heavy atom. The third kappa shape index (κ3) is 4.33. The summed E-state index contributed by atoms with van der Waals surface area (Å²) in [5.74, 6) is 0.454. The van der Waals surface area contributed by atoms with E-state index in [9.17, 15) is 10.1 Å². The molecule has 0 saturated carbocycles. The Bertz CT molecular complexity index is 1070. The summed E-state index contributed by atoms with van der Waals surface area (Å²) in [4.78, 5) is 13.4. The predicted molar refractivity (Wildman–Crippen MR) is 122 cm³/mol. The van der Waals surface area contributed by atoms with E-state index in [4.69, 9.17) is 16.3 Å². The maximum Gasteiger partial charge on any atom is 0.254 e. The normalized spacial score (nSPS) is 16.0. The highest BCUT2D eigenvalue weighted by atomic mass is 35.5. The van der Waals surface area contributed by atoms with E-state index in [0.29, 0.717) is 33.3 Å². The minimum atomic E-state index is -0.575. The van der Waals surface area contributed by atoms with E-state index in [-0.39, 0.29) is 5.91 Å². The molecule has 0 saturated heterocycles. The second-order valence-corrected chi connectivity index (χ2v) is 8.24. The lowest BCUT2D eigenvalue weighted by Gasteiger charge is -2.30. The van der Waals surface area contributed by atoms with Gasteiger partial charge >= 0.3 is 0 Å². The van der Waals surface area contributed by atoms with E-state index < -0.39 is 5.92 Å². The number of nitriles is 1. The van der Waals surface area contributed by atoms with Gasteiger partial charge in [0.15, 0.2) is 0 Å². The number of benzene rings is 2. The number of hydrogen-bond acceptors (Lipinski definition) is 5. The maximum atomic E-state index is 13.4. The lowest BCUT2D eigenvalue weighted by molar-refractivity contribution is -0.113. The fourth-order valence-electron chi connectivity index (χ4n) is 3.43. The first-order valence-electron chi connectivity index (χ1n) is 9.45. The number of hydrogen-bond donors (Lipinski definition) is 2.